The molecule has 0 fully saturated rings. The summed E-state index contributed by atoms with van der Waals surface area (Å²) < 4.78 is 68.4. The van der Waals surface area contributed by atoms with E-state index in [0.717, 1.165) is 135 Å². The Kier molecular flexibility index (Phi) is 74.1. The van der Waals surface area contributed by atoms with Gasteiger partial charge in [-0.25, -0.2) is 9.13 Å². The van der Waals surface area contributed by atoms with Crippen molar-refractivity contribution in [2.45, 2.75) is 290 Å². The Bertz CT molecular complexity index is 2860. The molecule has 0 aliphatic carbocycles. The molecule has 19 heteroatoms. The summed E-state index contributed by atoms with van der Waals surface area (Å²) in [7, 11) is -10.0. The zero-order valence-corrected chi connectivity index (χ0v) is 68.2. The van der Waals surface area contributed by atoms with E-state index in [1.807, 2.05) is 42.5 Å². The van der Waals surface area contributed by atoms with Gasteiger partial charge < -0.3 is 33.8 Å². The number of unbranched alkanes of at least 4 members (excludes halogenated alkanes) is 13. The van der Waals surface area contributed by atoms with E-state index in [-0.39, 0.29) is 25.7 Å². The third-order valence-electron chi connectivity index (χ3n) is 15.7. The molecule has 5 atom stereocenters. The van der Waals surface area contributed by atoms with E-state index in [0.29, 0.717) is 44.9 Å². The molecule has 17 nitrogen and oxygen atoms in total. The highest BCUT2D eigenvalue weighted by Gasteiger charge is 2.30. The molecule has 0 saturated carbocycles. The summed E-state index contributed by atoms with van der Waals surface area (Å²) in [6.45, 7) is 4.27. The Morgan fingerprint density at radius 1 is 0.269 bits per heavy atom. The highest BCUT2D eigenvalue weighted by atomic mass is 31.2. The molecule has 0 aromatic rings. The van der Waals surface area contributed by atoms with Crippen molar-refractivity contribution in [3.8, 4) is 0 Å². The highest BCUT2D eigenvalue weighted by Crippen LogP contribution is 2.45. The Labute approximate surface area is 652 Å². The van der Waals surface area contributed by atoms with Gasteiger partial charge in [-0.15, -0.1) is 0 Å². The maximum absolute atomic E-state index is 13.1. The number of carbonyl (C=O) groups is 4. The van der Waals surface area contributed by atoms with Crippen LogP contribution < -0.4 is 0 Å². The summed E-state index contributed by atoms with van der Waals surface area (Å²) in [6.07, 6.45) is 98.4. The predicted octanol–water partition coefficient (Wildman–Crippen LogP) is 23.9. The number of allylic oxidation sites excluding steroid dienone is 34. The van der Waals surface area contributed by atoms with Crippen molar-refractivity contribution in [2.75, 3.05) is 39.6 Å². The molecular weight excluding hydrogens is 1400 g/mol. The molecule has 0 amide bonds. The number of aliphatic hydroxyl groups is 1. The van der Waals surface area contributed by atoms with Crippen LogP contribution in [0.2, 0.25) is 0 Å². The fraction of sp³-hybridized carbons (Fsp3) is 0.573. The van der Waals surface area contributed by atoms with Gasteiger partial charge in [0.1, 0.15) is 19.3 Å². The maximum Gasteiger partial charge on any atom is 0.472 e. The molecule has 0 radical (unpaired) electrons. The minimum atomic E-state index is -5.02. The summed E-state index contributed by atoms with van der Waals surface area (Å²) >= 11 is 0. The van der Waals surface area contributed by atoms with Crippen molar-refractivity contribution in [2.24, 2.45) is 0 Å². The highest BCUT2D eigenvalue weighted by molar-refractivity contribution is 7.47. The van der Waals surface area contributed by atoms with Gasteiger partial charge in [0.2, 0.25) is 0 Å². The molecule has 0 aliphatic heterocycles. The van der Waals surface area contributed by atoms with E-state index in [2.05, 4.69) is 192 Å². The Morgan fingerprint density at radius 2 is 0.509 bits per heavy atom. The number of hydrogen-bond donors (Lipinski definition) is 3. The number of hydrogen-bond acceptors (Lipinski definition) is 15. The van der Waals surface area contributed by atoms with E-state index in [1.165, 1.54) is 38.5 Å². The van der Waals surface area contributed by atoms with Crippen molar-refractivity contribution in [1.82, 2.24) is 0 Å². The van der Waals surface area contributed by atoms with Crippen molar-refractivity contribution >= 4 is 39.5 Å². The molecule has 0 spiro atoms. The number of aliphatic hydroxyl groups excluding tert-OH is 1. The number of ether oxygens (including phenoxy) is 4. The van der Waals surface area contributed by atoms with Crippen molar-refractivity contribution < 1.29 is 80.2 Å². The van der Waals surface area contributed by atoms with Gasteiger partial charge in [0, 0.05) is 25.7 Å². The third-order valence-corrected chi connectivity index (χ3v) is 17.6. The normalized spacial score (nSPS) is 14.9. The molecule has 108 heavy (non-hydrogen) atoms. The van der Waals surface area contributed by atoms with Gasteiger partial charge in [-0.05, 0) is 167 Å². The van der Waals surface area contributed by atoms with Gasteiger partial charge in [0.05, 0.1) is 26.4 Å². The summed E-state index contributed by atoms with van der Waals surface area (Å²) in [4.78, 5) is 73.0. The van der Waals surface area contributed by atoms with Gasteiger partial charge in [-0.2, -0.15) is 0 Å². The van der Waals surface area contributed by atoms with E-state index in [4.69, 9.17) is 37.0 Å². The molecule has 0 aromatic heterocycles. The van der Waals surface area contributed by atoms with Gasteiger partial charge in [0.25, 0.3) is 0 Å². The van der Waals surface area contributed by atoms with E-state index < -0.39 is 97.5 Å². The zero-order chi connectivity index (χ0) is 78.9. The fourth-order valence-corrected chi connectivity index (χ4v) is 11.3. The van der Waals surface area contributed by atoms with Crippen LogP contribution in [0.5, 0.6) is 0 Å². The lowest BCUT2D eigenvalue weighted by Gasteiger charge is -2.21. The first kappa shape index (κ1) is 102. The minimum Gasteiger partial charge on any atom is -0.462 e. The van der Waals surface area contributed by atoms with Crippen LogP contribution >= 0.6 is 15.6 Å². The van der Waals surface area contributed by atoms with E-state index >= 15 is 0 Å². The van der Waals surface area contributed by atoms with Crippen molar-refractivity contribution in [3.05, 3.63) is 207 Å². The molecule has 0 bridgehead atoms. The van der Waals surface area contributed by atoms with Crippen LogP contribution in [0.1, 0.15) is 272 Å². The number of rotatable bonds is 73. The largest absolute Gasteiger partial charge is 0.472 e. The molecule has 0 aromatic carbocycles. The van der Waals surface area contributed by atoms with Gasteiger partial charge in [-0.3, -0.25) is 37.3 Å². The van der Waals surface area contributed by atoms with Crippen LogP contribution in [0.3, 0.4) is 0 Å². The van der Waals surface area contributed by atoms with Crippen molar-refractivity contribution in [3.63, 3.8) is 0 Å². The minimum absolute atomic E-state index is 0.00631. The average molecular weight is 1540 g/mol. The lowest BCUT2D eigenvalue weighted by atomic mass is 10.1. The van der Waals surface area contributed by atoms with Crippen LogP contribution in [0, 0.1) is 0 Å². The molecule has 5 unspecified atom stereocenters. The number of phosphoric ester groups is 2. The zero-order valence-electron chi connectivity index (χ0n) is 66.4. The molecule has 3 N–H and O–H groups in total. The first-order chi connectivity index (χ1) is 52.7. The fourth-order valence-electron chi connectivity index (χ4n) is 9.72. The summed E-state index contributed by atoms with van der Waals surface area (Å²) in [5.74, 6) is -2.44. The van der Waals surface area contributed by atoms with Gasteiger partial charge >= 0.3 is 39.5 Å². The topological polar surface area (TPSA) is 237 Å². The Balaban J connectivity index is 5.57. The third kappa shape index (κ3) is 77.8. The molecule has 608 valence electrons. The van der Waals surface area contributed by atoms with Crippen LogP contribution in [0.25, 0.3) is 0 Å². The number of carbonyl (C=O) groups excluding carboxylic acids is 4. The first-order valence-electron chi connectivity index (χ1n) is 40.3. The Morgan fingerprint density at radius 3 is 0.843 bits per heavy atom. The van der Waals surface area contributed by atoms with Crippen molar-refractivity contribution in [1.29, 1.82) is 0 Å². The molecule has 0 saturated heterocycles. The first-order valence-corrected chi connectivity index (χ1v) is 43.3. The molecular formula is C89H140O17P2. The molecule has 0 rings (SSSR count). The SMILES string of the molecule is CC/C=C\C/C=C\C/C=C\C/C=C\C/C=C\C/C=C\CCC(=O)OCC(COP(=O)(O)OCC(O)COP(=O)(O)OCC(COC(=O)CCC/C=C\C/C=C\C/C=C\C/C=C\C/C=C\CC)OC(=O)CCC/C=C\C/C=C\C/C=C\C/C=C\C/C=C\CC)OC(=O)CCCCCCC/C=C\CCCCCCCC. The van der Waals surface area contributed by atoms with Crippen LogP contribution in [0.4, 0.5) is 0 Å². The van der Waals surface area contributed by atoms with Crippen LogP contribution in [-0.2, 0) is 65.4 Å². The van der Waals surface area contributed by atoms with Gasteiger partial charge in [0.15, 0.2) is 12.2 Å². The number of esters is 4. The van der Waals surface area contributed by atoms with E-state index in [9.17, 15) is 43.2 Å². The average Bonchev–Trinajstić information content (AvgIpc) is 0.901. The van der Waals surface area contributed by atoms with E-state index in [1.54, 1.807) is 0 Å². The predicted molar refractivity (Wildman–Crippen MR) is 445 cm³/mol. The lowest BCUT2D eigenvalue weighted by molar-refractivity contribution is -0.161. The van der Waals surface area contributed by atoms with Crippen LogP contribution in [-0.4, -0.2) is 96.7 Å². The number of phosphoric acid groups is 2. The standard InChI is InChI=1S/C89H140O17P2/c1-5-9-13-17-21-25-29-33-37-40-41-44-47-50-54-58-62-66-70-74-87(92)100-79-84(105-88(93)75-71-67-63-59-55-51-45-36-32-28-24-20-16-12-8-4)81-103-107(95,96)101-77-83(90)78-102-108(97,98)104-82-85(106-89(94)76-72-68-64-60-56-52-48-43-39-35-31-27-23-19-15-11-7-3)80-99-86(91)73-69-65-61-57-53-49-46-42-38-34-30-26-22-18-14-10-6-2/h9-11,13-15,21-23,25-27,33-39,41,44-46,48-50,52,54,57,60-62,64,66,83-85,90H,5-8,12,16-20,24,28-32,40,42-43,47,51,53,55-56,58-59,63,65,67-82H2,1-4H3,(H,95,96)(H,97,98)/b13-9-,14-10-,15-11-,25-21-,26-22-,27-23-,37-33-,38-34-,39-35-,44-41-,45-36-,49-46-,52-48-,54-50-,61-57-,64-60-,66-62-. The smallest absolute Gasteiger partial charge is 0.462 e. The molecule has 0 aliphatic rings. The summed E-state index contributed by atoms with van der Waals surface area (Å²) in [6, 6.07) is 0. The van der Waals surface area contributed by atoms with Crippen LogP contribution in [0.15, 0.2) is 207 Å². The monoisotopic (exact) mass is 1540 g/mol. The maximum atomic E-state index is 13.1. The summed E-state index contributed by atoms with van der Waals surface area (Å²) in [5, 5.41) is 10.6. The second kappa shape index (κ2) is 78.8. The second-order valence-corrected chi connectivity index (χ2v) is 28.8. The molecule has 0 heterocycles. The van der Waals surface area contributed by atoms with Gasteiger partial charge in [-0.1, -0.05) is 286 Å². The Hall–Kier alpha value is -6.36. The summed E-state index contributed by atoms with van der Waals surface area (Å²) in [5.41, 5.74) is 0. The lowest BCUT2D eigenvalue weighted by Crippen LogP contribution is -2.30. The quantitative estimate of drug-likeness (QED) is 0.0169. The second-order valence-electron chi connectivity index (χ2n) is 25.9.